The third kappa shape index (κ3) is 4.69. The molecule has 0 aliphatic carbocycles. The van der Waals surface area contributed by atoms with E-state index in [0.717, 1.165) is 29.6 Å². The molecule has 0 N–H and O–H groups in total. The number of carbonyl (C=O) groups excluding carboxylic acids is 1. The third-order valence-corrected chi connectivity index (χ3v) is 5.60. The van der Waals surface area contributed by atoms with E-state index in [9.17, 15) is 9.00 Å². The molecular formula is C19H21ClN2O2S. The van der Waals surface area contributed by atoms with E-state index < -0.39 is 10.8 Å². The summed E-state index contributed by atoms with van der Waals surface area (Å²) in [5.74, 6) is 0.0413. The predicted molar refractivity (Wildman–Crippen MR) is 101 cm³/mol. The van der Waals surface area contributed by atoms with Crippen LogP contribution in [0.15, 0.2) is 53.4 Å². The first kappa shape index (κ1) is 18.1. The molecule has 0 bridgehead atoms. The van der Waals surface area contributed by atoms with Crippen LogP contribution in [0.1, 0.15) is 15.9 Å². The Morgan fingerprint density at radius 2 is 1.60 bits per heavy atom. The molecule has 3 rings (SSSR count). The van der Waals surface area contributed by atoms with Crippen LogP contribution in [0.4, 0.5) is 0 Å². The van der Waals surface area contributed by atoms with Gasteiger partial charge in [-0.25, -0.2) is 0 Å². The second kappa shape index (κ2) is 8.13. The topological polar surface area (TPSA) is 40.6 Å². The summed E-state index contributed by atoms with van der Waals surface area (Å²) >= 11 is 5.92. The summed E-state index contributed by atoms with van der Waals surface area (Å²) in [6.45, 7) is 4.01. The van der Waals surface area contributed by atoms with E-state index >= 15 is 0 Å². The molecular weight excluding hydrogens is 356 g/mol. The summed E-state index contributed by atoms with van der Waals surface area (Å²) in [6.07, 6.45) is 1.64. The van der Waals surface area contributed by atoms with Crippen LogP contribution < -0.4 is 0 Å². The van der Waals surface area contributed by atoms with Crippen molar-refractivity contribution in [3.05, 3.63) is 64.7 Å². The van der Waals surface area contributed by atoms with Gasteiger partial charge >= 0.3 is 0 Å². The minimum Gasteiger partial charge on any atom is -0.336 e. The highest BCUT2D eigenvalue weighted by molar-refractivity contribution is 7.84. The van der Waals surface area contributed by atoms with E-state index in [1.54, 1.807) is 30.5 Å². The van der Waals surface area contributed by atoms with E-state index in [-0.39, 0.29) is 5.91 Å². The Hall–Kier alpha value is -1.69. The number of rotatable bonds is 4. The minimum atomic E-state index is -1.02. The van der Waals surface area contributed by atoms with Gasteiger partial charge in [-0.05, 0) is 42.0 Å². The molecule has 1 aliphatic rings. The van der Waals surface area contributed by atoms with Crippen LogP contribution in [0.2, 0.25) is 5.02 Å². The molecule has 0 aromatic heterocycles. The molecule has 1 amide bonds. The van der Waals surface area contributed by atoms with Crippen LogP contribution in [0.3, 0.4) is 0 Å². The Balaban J connectivity index is 1.55. The van der Waals surface area contributed by atoms with E-state index in [2.05, 4.69) is 4.90 Å². The zero-order chi connectivity index (χ0) is 17.8. The summed E-state index contributed by atoms with van der Waals surface area (Å²) < 4.78 is 11.4. The standard InChI is InChI=1S/C19H21ClN2O2S/c1-25(24)18-8-4-16(5-9-18)19(23)22-12-10-21(11-13-22)14-15-2-6-17(20)7-3-15/h2-9H,10-14H2,1H3. The Morgan fingerprint density at radius 3 is 2.16 bits per heavy atom. The molecule has 1 saturated heterocycles. The summed E-state index contributed by atoms with van der Waals surface area (Å²) in [5.41, 5.74) is 1.88. The maximum absolute atomic E-state index is 12.6. The van der Waals surface area contributed by atoms with Gasteiger partial charge in [0.15, 0.2) is 0 Å². The number of piperazine rings is 1. The third-order valence-electron chi connectivity index (χ3n) is 4.41. The molecule has 132 valence electrons. The molecule has 0 saturated carbocycles. The average Bonchev–Trinajstić information content (AvgIpc) is 2.64. The minimum absolute atomic E-state index is 0.0413. The molecule has 6 heteroatoms. The fourth-order valence-electron chi connectivity index (χ4n) is 2.93. The van der Waals surface area contributed by atoms with Crippen molar-refractivity contribution in [1.82, 2.24) is 9.80 Å². The van der Waals surface area contributed by atoms with Gasteiger partial charge in [0.05, 0.1) is 0 Å². The maximum atomic E-state index is 12.6. The second-order valence-electron chi connectivity index (χ2n) is 6.17. The first-order chi connectivity index (χ1) is 12.0. The lowest BCUT2D eigenvalue weighted by Gasteiger charge is -2.34. The summed E-state index contributed by atoms with van der Waals surface area (Å²) in [6, 6.07) is 14.9. The molecule has 1 unspecified atom stereocenters. The highest BCUT2D eigenvalue weighted by Gasteiger charge is 2.22. The molecule has 1 fully saturated rings. The van der Waals surface area contributed by atoms with E-state index in [0.29, 0.717) is 18.7 Å². The Morgan fingerprint density at radius 1 is 1.00 bits per heavy atom. The van der Waals surface area contributed by atoms with Crippen molar-refractivity contribution < 1.29 is 9.00 Å². The Kier molecular flexibility index (Phi) is 5.89. The van der Waals surface area contributed by atoms with Crippen LogP contribution in [0, 0.1) is 0 Å². The lowest BCUT2D eigenvalue weighted by atomic mass is 10.1. The fraction of sp³-hybridized carbons (Fsp3) is 0.316. The van der Waals surface area contributed by atoms with Crippen LogP contribution in [-0.2, 0) is 17.3 Å². The smallest absolute Gasteiger partial charge is 0.253 e. The summed E-state index contributed by atoms with van der Waals surface area (Å²) in [4.78, 5) is 17.6. The lowest BCUT2D eigenvalue weighted by Crippen LogP contribution is -2.48. The van der Waals surface area contributed by atoms with Gasteiger partial charge in [-0.2, -0.15) is 0 Å². The van der Waals surface area contributed by atoms with Gasteiger partial charge in [-0.15, -0.1) is 0 Å². The number of benzene rings is 2. The van der Waals surface area contributed by atoms with Crippen LogP contribution in [-0.4, -0.2) is 52.4 Å². The van der Waals surface area contributed by atoms with Gasteiger partial charge in [0.2, 0.25) is 0 Å². The number of nitrogens with zero attached hydrogens (tertiary/aromatic N) is 2. The van der Waals surface area contributed by atoms with Crippen LogP contribution in [0.5, 0.6) is 0 Å². The van der Waals surface area contributed by atoms with Crippen molar-refractivity contribution in [2.24, 2.45) is 0 Å². The zero-order valence-electron chi connectivity index (χ0n) is 14.2. The first-order valence-corrected chi connectivity index (χ1v) is 10.2. The maximum Gasteiger partial charge on any atom is 0.253 e. The molecule has 2 aromatic carbocycles. The van der Waals surface area contributed by atoms with Gasteiger partial charge < -0.3 is 4.90 Å². The van der Waals surface area contributed by atoms with Crippen molar-refractivity contribution in [1.29, 1.82) is 0 Å². The average molecular weight is 377 g/mol. The number of hydrogen-bond donors (Lipinski definition) is 0. The molecule has 1 heterocycles. The molecule has 1 aliphatic heterocycles. The van der Waals surface area contributed by atoms with Crippen LogP contribution in [0.25, 0.3) is 0 Å². The fourth-order valence-corrected chi connectivity index (χ4v) is 3.57. The number of halogens is 1. The normalized spacial score (nSPS) is 16.6. The molecule has 0 spiro atoms. The van der Waals surface area contributed by atoms with Gasteiger partial charge in [0.1, 0.15) is 0 Å². The largest absolute Gasteiger partial charge is 0.336 e. The van der Waals surface area contributed by atoms with Crippen molar-refractivity contribution in [2.45, 2.75) is 11.4 Å². The predicted octanol–water partition coefficient (Wildman–Crippen LogP) is 3.04. The highest BCUT2D eigenvalue weighted by atomic mass is 35.5. The summed E-state index contributed by atoms with van der Waals surface area (Å²) in [5, 5.41) is 0.747. The van der Waals surface area contributed by atoms with Crippen LogP contribution >= 0.6 is 11.6 Å². The molecule has 4 nitrogen and oxygen atoms in total. The van der Waals surface area contributed by atoms with E-state index in [4.69, 9.17) is 11.6 Å². The van der Waals surface area contributed by atoms with Gasteiger partial charge in [-0.1, -0.05) is 23.7 Å². The second-order valence-corrected chi connectivity index (χ2v) is 7.99. The highest BCUT2D eigenvalue weighted by Crippen LogP contribution is 2.15. The van der Waals surface area contributed by atoms with Gasteiger partial charge in [-0.3, -0.25) is 13.9 Å². The quantitative estimate of drug-likeness (QED) is 0.823. The SMILES string of the molecule is CS(=O)c1ccc(C(=O)N2CCN(Cc3ccc(Cl)cc3)CC2)cc1. The van der Waals surface area contributed by atoms with Crippen molar-refractivity contribution in [2.75, 3.05) is 32.4 Å². The Bertz CT molecular complexity index is 754. The summed E-state index contributed by atoms with van der Waals surface area (Å²) in [7, 11) is -1.02. The van der Waals surface area contributed by atoms with Gasteiger partial charge in [0, 0.05) is 65.3 Å². The Labute approximate surface area is 155 Å². The number of carbonyl (C=O) groups is 1. The van der Waals surface area contributed by atoms with Crippen molar-refractivity contribution >= 4 is 28.3 Å². The number of amides is 1. The van der Waals surface area contributed by atoms with Crippen molar-refractivity contribution in [3.63, 3.8) is 0 Å². The molecule has 25 heavy (non-hydrogen) atoms. The molecule has 2 aromatic rings. The van der Waals surface area contributed by atoms with Crippen molar-refractivity contribution in [3.8, 4) is 0 Å². The van der Waals surface area contributed by atoms with Gasteiger partial charge in [0.25, 0.3) is 5.91 Å². The van der Waals surface area contributed by atoms with E-state index in [1.165, 1.54) is 5.56 Å². The van der Waals surface area contributed by atoms with E-state index in [1.807, 2.05) is 29.2 Å². The number of hydrogen-bond acceptors (Lipinski definition) is 3. The molecule has 0 radical (unpaired) electrons. The lowest BCUT2D eigenvalue weighted by molar-refractivity contribution is 0.0628. The zero-order valence-corrected chi connectivity index (χ0v) is 15.7. The first-order valence-electron chi connectivity index (χ1n) is 8.22. The monoisotopic (exact) mass is 376 g/mol. The molecule has 1 atom stereocenters.